The van der Waals surface area contributed by atoms with Crippen LogP contribution in [0.4, 0.5) is 0 Å². The second-order valence-electron chi connectivity index (χ2n) is 3.20. The molecule has 0 N–H and O–H groups in total. The third kappa shape index (κ3) is 3.22. The number of pyridine rings is 1. The van der Waals surface area contributed by atoms with Crippen molar-refractivity contribution in [3.63, 3.8) is 0 Å². The van der Waals surface area contributed by atoms with E-state index in [1.807, 2.05) is 31.3 Å². The van der Waals surface area contributed by atoms with Crippen molar-refractivity contribution in [3.05, 3.63) is 29.6 Å². The summed E-state index contributed by atoms with van der Waals surface area (Å²) in [6.07, 6.45) is 3.66. The van der Waals surface area contributed by atoms with Gasteiger partial charge >= 0.3 is 0 Å². The van der Waals surface area contributed by atoms with Crippen molar-refractivity contribution >= 4 is 0 Å². The van der Waals surface area contributed by atoms with E-state index in [1.165, 1.54) is 0 Å². The van der Waals surface area contributed by atoms with Crippen LogP contribution in [0.1, 0.15) is 11.1 Å². The smallest absolute Gasteiger partial charge is 0.0866 e. The summed E-state index contributed by atoms with van der Waals surface area (Å²) in [5, 5.41) is 8.46. The van der Waals surface area contributed by atoms with Crippen molar-refractivity contribution in [2.75, 3.05) is 13.6 Å². The summed E-state index contributed by atoms with van der Waals surface area (Å²) in [5.41, 5.74) is 2.31. The fourth-order valence-electron chi connectivity index (χ4n) is 1.19. The van der Waals surface area contributed by atoms with Crippen molar-refractivity contribution in [2.24, 2.45) is 0 Å². The summed E-state index contributed by atoms with van der Waals surface area (Å²) in [4.78, 5) is 6.04. The van der Waals surface area contributed by atoms with Crippen molar-refractivity contribution in [1.82, 2.24) is 9.88 Å². The lowest BCUT2D eigenvalue weighted by molar-refractivity contribution is 0.367. The van der Waals surface area contributed by atoms with Crippen LogP contribution in [0, 0.1) is 18.3 Å². The molecular weight excluding hydrogens is 162 g/mol. The fourth-order valence-corrected chi connectivity index (χ4v) is 1.19. The molecular formula is C10H13N3. The van der Waals surface area contributed by atoms with Crippen molar-refractivity contribution in [1.29, 1.82) is 5.26 Å². The first-order chi connectivity index (χ1) is 6.22. The molecule has 0 saturated heterocycles. The highest BCUT2D eigenvalue weighted by molar-refractivity contribution is 5.16. The summed E-state index contributed by atoms with van der Waals surface area (Å²) in [5.74, 6) is 0. The van der Waals surface area contributed by atoms with E-state index in [0.29, 0.717) is 6.54 Å². The number of hydrogen-bond donors (Lipinski definition) is 0. The van der Waals surface area contributed by atoms with E-state index >= 15 is 0 Å². The number of nitriles is 1. The molecule has 0 aliphatic heterocycles. The van der Waals surface area contributed by atoms with Gasteiger partial charge in [-0.25, -0.2) is 0 Å². The Morgan fingerprint density at radius 2 is 2.31 bits per heavy atom. The van der Waals surface area contributed by atoms with Crippen LogP contribution in [-0.2, 0) is 6.54 Å². The van der Waals surface area contributed by atoms with Crippen LogP contribution in [0.15, 0.2) is 18.5 Å². The standard InChI is InChI=1S/C10H13N3/c1-9-5-10(7-12-6-9)8-13(2)4-3-11/h5-7H,4,8H2,1-2H3. The van der Waals surface area contributed by atoms with E-state index in [4.69, 9.17) is 5.26 Å². The van der Waals surface area contributed by atoms with Gasteiger partial charge in [-0.15, -0.1) is 0 Å². The van der Waals surface area contributed by atoms with Crippen LogP contribution >= 0.6 is 0 Å². The van der Waals surface area contributed by atoms with Crippen LogP contribution in [0.25, 0.3) is 0 Å². The second kappa shape index (κ2) is 4.58. The Labute approximate surface area is 78.6 Å². The first-order valence-corrected chi connectivity index (χ1v) is 4.18. The predicted octanol–water partition coefficient (Wildman–Crippen LogP) is 1.35. The van der Waals surface area contributed by atoms with Gasteiger partial charge in [-0.2, -0.15) is 5.26 Å². The predicted molar refractivity (Wildman–Crippen MR) is 50.9 cm³/mol. The Morgan fingerprint density at radius 1 is 1.54 bits per heavy atom. The molecule has 0 aromatic carbocycles. The first-order valence-electron chi connectivity index (χ1n) is 4.18. The number of rotatable bonds is 3. The Hall–Kier alpha value is -1.40. The average molecular weight is 175 g/mol. The van der Waals surface area contributed by atoms with Gasteiger partial charge in [0.15, 0.2) is 0 Å². The van der Waals surface area contributed by atoms with E-state index < -0.39 is 0 Å². The van der Waals surface area contributed by atoms with Crippen LogP contribution in [0.5, 0.6) is 0 Å². The normalized spacial score (nSPS) is 10.0. The average Bonchev–Trinajstić information content (AvgIpc) is 2.04. The molecule has 1 aromatic rings. The van der Waals surface area contributed by atoms with E-state index in [1.54, 1.807) is 0 Å². The highest BCUT2D eigenvalue weighted by Crippen LogP contribution is 2.03. The Bertz CT molecular complexity index is 314. The molecule has 0 radical (unpaired) electrons. The van der Waals surface area contributed by atoms with Gasteiger partial charge in [0.1, 0.15) is 0 Å². The molecule has 0 aliphatic rings. The minimum Gasteiger partial charge on any atom is -0.289 e. The van der Waals surface area contributed by atoms with E-state index in [9.17, 15) is 0 Å². The summed E-state index contributed by atoms with van der Waals surface area (Å²) in [6, 6.07) is 4.19. The van der Waals surface area contributed by atoms with Crippen LogP contribution in [-0.4, -0.2) is 23.5 Å². The number of hydrogen-bond acceptors (Lipinski definition) is 3. The Morgan fingerprint density at radius 3 is 2.92 bits per heavy atom. The van der Waals surface area contributed by atoms with Gasteiger partial charge in [0.2, 0.25) is 0 Å². The van der Waals surface area contributed by atoms with Gasteiger partial charge in [-0.3, -0.25) is 9.88 Å². The van der Waals surface area contributed by atoms with Gasteiger partial charge in [0.05, 0.1) is 12.6 Å². The Kier molecular flexibility index (Phi) is 3.41. The lowest BCUT2D eigenvalue weighted by Gasteiger charge is -2.11. The van der Waals surface area contributed by atoms with Crippen LogP contribution in [0.2, 0.25) is 0 Å². The van der Waals surface area contributed by atoms with E-state index in [0.717, 1.165) is 17.7 Å². The molecule has 0 unspecified atom stereocenters. The second-order valence-corrected chi connectivity index (χ2v) is 3.20. The number of aryl methyl sites for hydroxylation is 1. The largest absolute Gasteiger partial charge is 0.289 e. The number of aromatic nitrogens is 1. The topological polar surface area (TPSA) is 39.9 Å². The van der Waals surface area contributed by atoms with Gasteiger partial charge in [-0.05, 0) is 25.1 Å². The Balaban J connectivity index is 2.59. The molecule has 1 heterocycles. The fraction of sp³-hybridized carbons (Fsp3) is 0.400. The summed E-state index contributed by atoms with van der Waals surface area (Å²) in [7, 11) is 1.92. The lowest BCUT2D eigenvalue weighted by atomic mass is 10.2. The summed E-state index contributed by atoms with van der Waals surface area (Å²) in [6.45, 7) is 3.25. The molecule has 0 atom stereocenters. The molecule has 0 saturated carbocycles. The maximum absolute atomic E-state index is 8.46. The quantitative estimate of drug-likeness (QED) is 0.651. The molecule has 0 spiro atoms. The SMILES string of the molecule is Cc1cncc(CN(C)CC#N)c1. The zero-order valence-corrected chi connectivity index (χ0v) is 7.99. The van der Waals surface area contributed by atoms with Gasteiger partial charge < -0.3 is 0 Å². The highest BCUT2D eigenvalue weighted by atomic mass is 15.1. The van der Waals surface area contributed by atoms with Gasteiger partial charge in [-0.1, -0.05) is 6.07 Å². The molecule has 3 nitrogen and oxygen atoms in total. The van der Waals surface area contributed by atoms with Crippen molar-refractivity contribution < 1.29 is 0 Å². The number of nitrogens with zero attached hydrogens (tertiary/aromatic N) is 3. The molecule has 1 aromatic heterocycles. The molecule has 0 amide bonds. The molecule has 0 bridgehead atoms. The van der Waals surface area contributed by atoms with Gasteiger partial charge in [0.25, 0.3) is 0 Å². The zero-order chi connectivity index (χ0) is 9.68. The third-order valence-corrected chi connectivity index (χ3v) is 1.72. The van der Waals surface area contributed by atoms with Crippen molar-refractivity contribution in [2.45, 2.75) is 13.5 Å². The molecule has 0 fully saturated rings. The van der Waals surface area contributed by atoms with Gasteiger partial charge in [0, 0.05) is 18.9 Å². The van der Waals surface area contributed by atoms with Crippen LogP contribution in [0.3, 0.4) is 0 Å². The zero-order valence-electron chi connectivity index (χ0n) is 7.99. The molecule has 0 aliphatic carbocycles. The lowest BCUT2D eigenvalue weighted by Crippen LogP contribution is -2.17. The van der Waals surface area contributed by atoms with Crippen molar-refractivity contribution in [3.8, 4) is 6.07 Å². The molecule has 1 rings (SSSR count). The maximum Gasteiger partial charge on any atom is 0.0866 e. The maximum atomic E-state index is 8.46. The van der Waals surface area contributed by atoms with Crippen LogP contribution < -0.4 is 0 Å². The summed E-state index contributed by atoms with van der Waals surface area (Å²) >= 11 is 0. The minimum absolute atomic E-state index is 0.452. The highest BCUT2D eigenvalue weighted by Gasteiger charge is 1.99. The van der Waals surface area contributed by atoms with E-state index in [2.05, 4.69) is 17.1 Å². The first kappa shape index (κ1) is 9.69. The molecule has 3 heteroatoms. The molecule has 13 heavy (non-hydrogen) atoms. The summed E-state index contributed by atoms with van der Waals surface area (Å²) < 4.78 is 0. The molecule has 68 valence electrons. The monoisotopic (exact) mass is 175 g/mol. The van der Waals surface area contributed by atoms with E-state index in [-0.39, 0.29) is 0 Å². The minimum atomic E-state index is 0.452. The third-order valence-electron chi connectivity index (χ3n) is 1.72.